The van der Waals surface area contributed by atoms with Crippen LogP contribution in [0.25, 0.3) is 11.0 Å². The number of aromatic nitrogens is 1. The van der Waals surface area contributed by atoms with Crippen molar-refractivity contribution in [1.82, 2.24) is 5.16 Å². The number of carbonyl (C=O) groups is 2. The summed E-state index contributed by atoms with van der Waals surface area (Å²) < 4.78 is 5.29. The molecular weight excluding hydrogens is 330 g/mol. The molecule has 6 nitrogen and oxygen atoms in total. The number of hydrogen-bond donors (Lipinski definition) is 2. The summed E-state index contributed by atoms with van der Waals surface area (Å²) in [7, 11) is 0. The van der Waals surface area contributed by atoms with Crippen molar-refractivity contribution in [3.05, 3.63) is 53.2 Å². The topological polar surface area (TPSA) is 84.2 Å². The second-order valence-electron chi connectivity index (χ2n) is 6.26. The van der Waals surface area contributed by atoms with Crippen molar-refractivity contribution < 1.29 is 14.1 Å². The van der Waals surface area contributed by atoms with Gasteiger partial charge in [0.15, 0.2) is 5.58 Å². The Kier molecular flexibility index (Phi) is 5.02. The number of aryl methyl sites for hydroxylation is 2. The first-order valence-corrected chi connectivity index (χ1v) is 8.51. The standard InChI is InChI=1S/C20H21N3O3/c1-4-14-6-7-15(21-13(3)24)10-17(14)22-20(25)11-18-16-9-12(2)5-8-19(16)26-23-18/h5-10H,4,11H2,1-3H3,(H,21,24)(H,22,25). The summed E-state index contributed by atoms with van der Waals surface area (Å²) >= 11 is 0. The normalized spacial score (nSPS) is 10.7. The van der Waals surface area contributed by atoms with E-state index in [1.807, 2.05) is 44.2 Å². The van der Waals surface area contributed by atoms with Crippen molar-refractivity contribution in [3.63, 3.8) is 0 Å². The van der Waals surface area contributed by atoms with E-state index >= 15 is 0 Å². The van der Waals surface area contributed by atoms with Gasteiger partial charge < -0.3 is 15.2 Å². The van der Waals surface area contributed by atoms with E-state index in [0.717, 1.165) is 22.9 Å². The molecular formula is C20H21N3O3. The van der Waals surface area contributed by atoms with Gasteiger partial charge in [0.25, 0.3) is 0 Å². The maximum Gasteiger partial charge on any atom is 0.230 e. The molecule has 1 aromatic heterocycles. The van der Waals surface area contributed by atoms with E-state index in [2.05, 4.69) is 15.8 Å². The minimum atomic E-state index is -0.184. The van der Waals surface area contributed by atoms with E-state index in [9.17, 15) is 9.59 Å². The molecule has 0 spiro atoms. The fraction of sp³-hybridized carbons (Fsp3) is 0.250. The highest BCUT2D eigenvalue weighted by atomic mass is 16.5. The van der Waals surface area contributed by atoms with Gasteiger partial charge in [-0.25, -0.2) is 0 Å². The van der Waals surface area contributed by atoms with Gasteiger partial charge in [0, 0.05) is 23.7 Å². The molecule has 1 heterocycles. The number of fused-ring (bicyclic) bond motifs is 1. The number of amides is 2. The highest BCUT2D eigenvalue weighted by Crippen LogP contribution is 2.23. The number of anilines is 2. The monoisotopic (exact) mass is 351 g/mol. The van der Waals surface area contributed by atoms with Gasteiger partial charge in [-0.1, -0.05) is 29.8 Å². The molecule has 0 saturated carbocycles. The van der Waals surface area contributed by atoms with Crippen molar-refractivity contribution in [1.29, 1.82) is 0 Å². The van der Waals surface area contributed by atoms with Crippen LogP contribution in [-0.2, 0) is 22.4 Å². The Morgan fingerprint density at radius 2 is 1.92 bits per heavy atom. The third kappa shape index (κ3) is 3.91. The summed E-state index contributed by atoms with van der Waals surface area (Å²) in [6.07, 6.45) is 0.881. The lowest BCUT2D eigenvalue weighted by Gasteiger charge is -2.12. The Morgan fingerprint density at radius 3 is 2.65 bits per heavy atom. The number of rotatable bonds is 5. The van der Waals surface area contributed by atoms with Crippen LogP contribution in [0.4, 0.5) is 11.4 Å². The number of benzene rings is 2. The molecule has 0 unspecified atom stereocenters. The Hall–Kier alpha value is -3.15. The molecule has 3 aromatic rings. The lowest BCUT2D eigenvalue weighted by atomic mass is 10.1. The average Bonchev–Trinajstić information content (AvgIpc) is 2.96. The van der Waals surface area contributed by atoms with Gasteiger partial charge in [0.1, 0.15) is 5.69 Å². The van der Waals surface area contributed by atoms with Crippen LogP contribution in [0.2, 0.25) is 0 Å². The maximum atomic E-state index is 12.5. The molecule has 0 radical (unpaired) electrons. The van der Waals surface area contributed by atoms with Crippen LogP contribution in [0.1, 0.15) is 30.7 Å². The van der Waals surface area contributed by atoms with Crippen LogP contribution in [0.5, 0.6) is 0 Å². The molecule has 2 aromatic carbocycles. The molecule has 3 rings (SSSR count). The van der Waals surface area contributed by atoms with E-state index in [0.29, 0.717) is 22.7 Å². The third-order valence-electron chi connectivity index (χ3n) is 4.11. The van der Waals surface area contributed by atoms with E-state index in [1.165, 1.54) is 6.92 Å². The summed E-state index contributed by atoms with van der Waals surface area (Å²) in [4.78, 5) is 23.8. The van der Waals surface area contributed by atoms with Crippen LogP contribution in [0.3, 0.4) is 0 Å². The van der Waals surface area contributed by atoms with Crippen LogP contribution >= 0.6 is 0 Å². The van der Waals surface area contributed by atoms with Crippen molar-refractivity contribution in [3.8, 4) is 0 Å². The van der Waals surface area contributed by atoms with Crippen LogP contribution < -0.4 is 10.6 Å². The molecule has 0 aliphatic carbocycles. The van der Waals surface area contributed by atoms with Crippen molar-refractivity contribution in [2.24, 2.45) is 0 Å². The molecule has 0 atom stereocenters. The Balaban J connectivity index is 1.80. The van der Waals surface area contributed by atoms with Crippen molar-refractivity contribution >= 4 is 34.2 Å². The second-order valence-corrected chi connectivity index (χ2v) is 6.26. The number of nitrogens with one attached hydrogen (secondary N) is 2. The highest BCUT2D eigenvalue weighted by Gasteiger charge is 2.14. The summed E-state index contributed by atoms with van der Waals surface area (Å²) in [5.74, 6) is -0.340. The van der Waals surface area contributed by atoms with Gasteiger partial charge in [0.05, 0.1) is 6.42 Å². The van der Waals surface area contributed by atoms with Crippen LogP contribution in [-0.4, -0.2) is 17.0 Å². The molecule has 0 saturated heterocycles. The molecule has 0 aliphatic heterocycles. The van der Waals surface area contributed by atoms with Gasteiger partial charge in [-0.05, 0) is 43.2 Å². The fourth-order valence-corrected chi connectivity index (χ4v) is 2.86. The SMILES string of the molecule is CCc1ccc(NC(C)=O)cc1NC(=O)Cc1noc2ccc(C)cc12. The first-order chi connectivity index (χ1) is 12.5. The second kappa shape index (κ2) is 7.39. The van der Waals surface area contributed by atoms with Gasteiger partial charge in [0.2, 0.25) is 11.8 Å². The summed E-state index contributed by atoms with van der Waals surface area (Å²) in [6.45, 7) is 5.44. The van der Waals surface area contributed by atoms with E-state index in [1.54, 1.807) is 6.07 Å². The minimum absolute atomic E-state index is 0.115. The molecule has 134 valence electrons. The Bertz CT molecular complexity index is 976. The smallest absolute Gasteiger partial charge is 0.230 e. The van der Waals surface area contributed by atoms with E-state index < -0.39 is 0 Å². The quantitative estimate of drug-likeness (QED) is 0.731. The van der Waals surface area contributed by atoms with Crippen LogP contribution in [0.15, 0.2) is 40.9 Å². The number of carbonyl (C=O) groups excluding carboxylic acids is 2. The minimum Gasteiger partial charge on any atom is -0.356 e. The molecule has 2 N–H and O–H groups in total. The fourth-order valence-electron chi connectivity index (χ4n) is 2.86. The number of hydrogen-bond acceptors (Lipinski definition) is 4. The molecule has 6 heteroatoms. The lowest BCUT2D eigenvalue weighted by molar-refractivity contribution is -0.116. The van der Waals surface area contributed by atoms with E-state index in [-0.39, 0.29) is 18.2 Å². The van der Waals surface area contributed by atoms with Crippen molar-refractivity contribution in [2.75, 3.05) is 10.6 Å². The highest BCUT2D eigenvalue weighted by molar-refractivity contribution is 5.96. The average molecular weight is 351 g/mol. The van der Waals surface area contributed by atoms with Gasteiger partial charge in [-0.2, -0.15) is 0 Å². The number of nitrogens with zero attached hydrogens (tertiary/aromatic N) is 1. The van der Waals surface area contributed by atoms with Gasteiger partial charge in [-0.3, -0.25) is 9.59 Å². The van der Waals surface area contributed by atoms with Crippen molar-refractivity contribution in [2.45, 2.75) is 33.6 Å². The summed E-state index contributed by atoms with van der Waals surface area (Å²) in [5.41, 5.74) is 4.68. The largest absolute Gasteiger partial charge is 0.356 e. The predicted octanol–water partition coefficient (Wildman–Crippen LogP) is 3.84. The zero-order chi connectivity index (χ0) is 18.7. The first-order valence-electron chi connectivity index (χ1n) is 8.51. The zero-order valence-corrected chi connectivity index (χ0v) is 15.1. The van der Waals surface area contributed by atoms with Crippen LogP contribution in [0, 0.1) is 6.92 Å². The van der Waals surface area contributed by atoms with E-state index in [4.69, 9.17) is 4.52 Å². The first kappa shape index (κ1) is 17.7. The Labute approximate surface area is 151 Å². The third-order valence-corrected chi connectivity index (χ3v) is 4.11. The predicted molar refractivity (Wildman–Crippen MR) is 101 cm³/mol. The maximum absolute atomic E-state index is 12.5. The van der Waals surface area contributed by atoms with Gasteiger partial charge in [-0.15, -0.1) is 0 Å². The molecule has 26 heavy (non-hydrogen) atoms. The molecule has 0 aliphatic rings. The molecule has 2 amide bonds. The molecule has 0 fully saturated rings. The lowest BCUT2D eigenvalue weighted by Crippen LogP contribution is -2.16. The zero-order valence-electron chi connectivity index (χ0n) is 15.1. The summed E-state index contributed by atoms with van der Waals surface area (Å²) in [5, 5.41) is 10.5. The Morgan fingerprint density at radius 1 is 1.12 bits per heavy atom. The van der Waals surface area contributed by atoms with Gasteiger partial charge >= 0.3 is 0 Å². The molecule has 0 bridgehead atoms. The summed E-state index contributed by atoms with van der Waals surface area (Å²) in [6, 6.07) is 11.2.